The van der Waals surface area contributed by atoms with Crippen molar-refractivity contribution in [1.82, 2.24) is 19.8 Å². The van der Waals surface area contributed by atoms with Crippen molar-refractivity contribution in [2.75, 3.05) is 46.3 Å². The number of likely N-dealkylation sites (tertiary alicyclic amines) is 1. The molecule has 0 unspecified atom stereocenters. The highest BCUT2D eigenvalue weighted by molar-refractivity contribution is 7.89. The predicted molar refractivity (Wildman–Crippen MR) is 122 cm³/mol. The van der Waals surface area contributed by atoms with Crippen LogP contribution in [-0.4, -0.2) is 69.9 Å². The predicted octanol–water partition coefficient (Wildman–Crippen LogP) is 2.26. The summed E-state index contributed by atoms with van der Waals surface area (Å²) < 4.78 is 26.8. The Kier molecular flexibility index (Phi) is 8.53. The molecule has 0 bridgehead atoms. The van der Waals surface area contributed by atoms with Crippen LogP contribution in [0.2, 0.25) is 0 Å². The molecular formula is C22H37N5O2S. The molecule has 0 radical (unpaired) electrons. The quantitative estimate of drug-likeness (QED) is 0.372. The van der Waals surface area contributed by atoms with Gasteiger partial charge in [-0.15, -0.1) is 0 Å². The molecule has 0 spiro atoms. The Labute approximate surface area is 182 Å². The zero-order valence-corrected chi connectivity index (χ0v) is 19.3. The maximum absolute atomic E-state index is 12.6. The number of sulfonamides is 1. The van der Waals surface area contributed by atoms with Crippen molar-refractivity contribution in [2.24, 2.45) is 10.9 Å². The number of nitrogens with zero attached hydrogens (tertiary/aromatic N) is 3. The largest absolute Gasteiger partial charge is 0.356 e. The van der Waals surface area contributed by atoms with Crippen LogP contribution in [0.4, 0.5) is 0 Å². The van der Waals surface area contributed by atoms with Gasteiger partial charge < -0.3 is 15.5 Å². The van der Waals surface area contributed by atoms with Gasteiger partial charge in [-0.1, -0.05) is 19.1 Å². The minimum atomic E-state index is -3.35. The number of aliphatic imine (C=N–C) groups is 1. The molecule has 1 aromatic rings. The Balaban J connectivity index is 1.39. The Morgan fingerprint density at radius 1 is 1.07 bits per heavy atom. The first kappa shape index (κ1) is 23.0. The minimum absolute atomic E-state index is 0.378. The summed E-state index contributed by atoms with van der Waals surface area (Å²) in [5, 5.41) is 6.68. The van der Waals surface area contributed by atoms with Gasteiger partial charge in [0.05, 0.1) is 4.90 Å². The minimum Gasteiger partial charge on any atom is -0.356 e. The Morgan fingerprint density at radius 2 is 1.73 bits per heavy atom. The first-order valence-electron chi connectivity index (χ1n) is 11.2. The molecule has 2 aliphatic heterocycles. The second-order valence-electron chi connectivity index (χ2n) is 8.49. The van der Waals surface area contributed by atoms with Crippen LogP contribution in [0.5, 0.6) is 0 Å². The second-order valence-corrected chi connectivity index (χ2v) is 10.4. The van der Waals surface area contributed by atoms with E-state index in [0.29, 0.717) is 24.5 Å². The van der Waals surface area contributed by atoms with Gasteiger partial charge in [0.15, 0.2) is 5.96 Å². The fourth-order valence-electron chi connectivity index (χ4n) is 4.06. The molecule has 0 aromatic heterocycles. The van der Waals surface area contributed by atoms with Gasteiger partial charge in [0.1, 0.15) is 0 Å². The van der Waals surface area contributed by atoms with Gasteiger partial charge in [-0.05, 0) is 75.4 Å². The normalized spacial score (nSPS) is 19.9. The lowest BCUT2D eigenvalue weighted by molar-refractivity contribution is 0.191. The highest BCUT2D eigenvalue weighted by Crippen LogP contribution is 2.21. The highest BCUT2D eigenvalue weighted by atomic mass is 32.2. The molecule has 8 heteroatoms. The van der Waals surface area contributed by atoms with Crippen molar-refractivity contribution in [1.29, 1.82) is 0 Å². The molecule has 2 N–H and O–H groups in total. The summed E-state index contributed by atoms with van der Waals surface area (Å²) in [6, 6.07) is 7.17. The molecule has 0 aliphatic carbocycles. The van der Waals surface area contributed by atoms with Crippen LogP contribution in [-0.2, 0) is 16.6 Å². The first-order chi connectivity index (χ1) is 14.5. The number of hydrogen-bond donors (Lipinski definition) is 2. The van der Waals surface area contributed by atoms with Crippen LogP contribution in [0.3, 0.4) is 0 Å². The van der Waals surface area contributed by atoms with Crippen LogP contribution < -0.4 is 10.6 Å². The molecule has 2 fully saturated rings. The Bertz CT molecular complexity index is 780. The zero-order valence-electron chi connectivity index (χ0n) is 18.4. The van der Waals surface area contributed by atoms with Crippen molar-refractivity contribution in [3.63, 3.8) is 0 Å². The lowest BCUT2D eigenvalue weighted by Crippen LogP contribution is -2.39. The zero-order chi connectivity index (χ0) is 21.4. The molecular weight excluding hydrogens is 398 g/mol. The number of piperidine rings is 1. The molecule has 7 nitrogen and oxygen atoms in total. The molecule has 1 aromatic carbocycles. The number of rotatable bonds is 8. The van der Waals surface area contributed by atoms with Crippen LogP contribution in [0.15, 0.2) is 34.2 Å². The van der Waals surface area contributed by atoms with E-state index in [-0.39, 0.29) is 0 Å². The topological polar surface area (TPSA) is 77.0 Å². The van der Waals surface area contributed by atoms with E-state index in [1.54, 1.807) is 23.5 Å². The summed E-state index contributed by atoms with van der Waals surface area (Å²) in [4.78, 5) is 7.21. The van der Waals surface area contributed by atoms with Crippen LogP contribution >= 0.6 is 0 Å². The van der Waals surface area contributed by atoms with E-state index in [1.165, 1.54) is 25.9 Å². The molecule has 168 valence electrons. The molecule has 0 saturated carbocycles. The summed E-state index contributed by atoms with van der Waals surface area (Å²) in [5.41, 5.74) is 1.03. The van der Waals surface area contributed by atoms with Crippen molar-refractivity contribution in [2.45, 2.75) is 50.5 Å². The molecule has 30 heavy (non-hydrogen) atoms. The van der Waals surface area contributed by atoms with Gasteiger partial charge >= 0.3 is 0 Å². The third-order valence-electron chi connectivity index (χ3n) is 6.13. The van der Waals surface area contributed by atoms with Crippen molar-refractivity contribution < 1.29 is 8.42 Å². The average Bonchev–Trinajstić information content (AvgIpc) is 3.31. The third-order valence-corrected chi connectivity index (χ3v) is 8.04. The fraction of sp³-hybridized carbons (Fsp3) is 0.682. The van der Waals surface area contributed by atoms with Gasteiger partial charge in [0.2, 0.25) is 10.0 Å². The molecule has 2 saturated heterocycles. The molecule has 2 aliphatic rings. The molecule has 0 amide bonds. The summed E-state index contributed by atoms with van der Waals surface area (Å²) >= 11 is 0. The first-order valence-corrected chi connectivity index (χ1v) is 12.7. The van der Waals surface area contributed by atoms with Gasteiger partial charge in [-0.25, -0.2) is 8.42 Å². The van der Waals surface area contributed by atoms with Gasteiger partial charge in [-0.3, -0.25) is 4.99 Å². The van der Waals surface area contributed by atoms with Crippen LogP contribution in [0, 0.1) is 5.92 Å². The molecule has 0 atom stereocenters. The summed E-state index contributed by atoms with van der Waals surface area (Å²) in [7, 11) is -1.58. The number of nitrogens with one attached hydrogen (secondary N) is 2. The summed E-state index contributed by atoms with van der Waals surface area (Å²) in [5.74, 6) is 1.65. The van der Waals surface area contributed by atoms with Crippen molar-refractivity contribution in [3.8, 4) is 0 Å². The molecule has 3 rings (SSSR count). The number of guanidine groups is 1. The van der Waals surface area contributed by atoms with E-state index in [2.05, 4.69) is 27.4 Å². The van der Waals surface area contributed by atoms with E-state index in [4.69, 9.17) is 0 Å². The standard InChI is InChI=1S/C22H37N5O2S/c1-19-10-16-26(17-11-19)13-5-12-24-22(23-2)25-18-20-6-8-21(9-7-20)30(28,29)27-14-3-4-15-27/h6-9,19H,3-5,10-18H2,1-2H3,(H2,23,24,25). The maximum Gasteiger partial charge on any atom is 0.243 e. The van der Waals surface area contributed by atoms with E-state index in [9.17, 15) is 8.42 Å². The molecule has 2 heterocycles. The Morgan fingerprint density at radius 3 is 2.37 bits per heavy atom. The van der Waals surface area contributed by atoms with Crippen molar-refractivity contribution >= 4 is 16.0 Å². The average molecular weight is 436 g/mol. The Hall–Kier alpha value is -1.64. The second kappa shape index (κ2) is 11.1. The van der Waals surface area contributed by atoms with E-state index in [0.717, 1.165) is 49.8 Å². The lowest BCUT2D eigenvalue weighted by Gasteiger charge is -2.30. The monoisotopic (exact) mass is 435 g/mol. The SMILES string of the molecule is CN=C(NCCCN1CCC(C)CC1)NCc1ccc(S(=O)(=O)N2CCCC2)cc1. The fourth-order valence-corrected chi connectivity index (χ4v) is 5.58. The van der Waals surface area contributed by atoms with Crippen molar-refractivity contribution in [3.05, 3.63) is 29.8 Å². The number of benzene rings is 1. The highest BCUT2D eigenvalue weighted by Gasteiger charge is 2.26. The van der Waals surface area contributed by atoms with Crippen LogP contribution in [0.1, 0.15) is 44.6 Å². The lowest BCUT2D eigenvalue weighted by atomic mass is 9.99. The van der Waals surface area contributed by atoms with Crippen LogP contribution in [0.25, 0.3) is 0 Å². The third kappa shape index (κ3) is 6.43. The van der Waals surface area contributed by atoms with E-state index in [1.807, 2.05) is 12.1 Å². The number of hydrogen-bond acceptors (Lipinski definition) is 4. The van der Waals surface area contributed by atoms with Gasteiger partial charge in [0.25, 0.3) is 0 Å². The van der Waals surface area contributed by atoms with Gasteiger partial charge in [0, 0.05) is 33.2 Å². The van der Waals surface area contributed by atoms with E-state index >= 15 is 0 Å². The van der Waals surface area contributed by atoms with Gasteiger partial charge in [-0.2, -0.15) is 4.31 Å². The maximum atomic E-state index is 12.6. The van der Waals surface area contributed by atoms with E-state index < -0.39 is 10.0 Å². The smallest absolute Gasteiger partial charge is 0.243 e. The summed E-state index contributed by atoms with van der Waals surface area (Å²) in [6.07, 6.45) is 5.62. The summed E-state index contributed by atoms with van der Waals surface area (Å²) in [6.45, 7) is 8.66.